The van der Waals surface area contributed by atoms with Gasteiger partial charge >= 0.3 is 7.87 Å². The minimum atomic E-state index is -3.45. The van der Waals surface area contributed by atoms with Gasteiger partial charge in [-0.1, -0.05) is 80.6 Å². The fourth-order valence-corrected chi connectivity index (χ4v) is 10.8. The molecule has 14 nitrogen and oxygen atoms in total. The van der Waals surface area contributed by atoms with Gasteiger partial charge in [0.25, 0.3) is 5.56 Å². The number of aliphatic hydroxyl groups excluding tert-OH is 1. The molecule has 1 saturated heterocycles. The molecule has 0 amide bonds. The van der Waals surface area contributed by atoms with Crippen molar-refractivity contribution in [3.63, 3.8) is 0 Å². The van der Waals surface area contributed by atoms with Crippen molar-refractivity contribution in [1.82, 2.24) is 24.2 Å². The van der Waals surface area contributed by atoms with Gasteiger partial charge in [0.15, 0.2) is 28.8 Å². The lowest BCUT2D eigenvalue weighted by Crippen LogP contribution is -2.47. The number of nitrogens with zero attached hydrogens (tertiary/aromatic N) is 5. The molecule has 7 rings (SSSR count). The fourth-order valence-electron chi connectivity index (χ4n) is 8.10. The highest BCUT2D eigenvalue weighted by Gasteiger charge is 2.57. The quantitative estimate of drug-likeness (QED) is 0.0820. The predicted octanol–water partition coefficient (Wildman–Crippen LogP) is 6.50. The number of aromatic amines is 1. The molecule has 3 aromatic carbocycles. The summed E-state index contributed by atoms with van der Waals surface area (Å²) in [6.45, 7) is 11.0. The summed E-state index contributed by atoms with van der Waals surface area (Å²) in [5.41, 5.74) is 0.0805. The van der Waals surface area contributed by atoms with Crippen LogP contribution in [0.1, 0.15) is 81.5 Å². The number of hydrogen-bond acceptors (Lipinski definition) is 12. The Balaban J connectivity index is 1.42. The van der Waals surface area contributed by atoms with Crippen LogP contribution in [0.15, 0.2) is 90.0 Å². The number of H-pyrrole nitrogens is 1. The first-order chi connectivity index (χ1) is 27.3. The SMILES string of the molecule is CC(C)C(=O)c1nc2c(=O)[nH]cnc2n1[C@@H]1O[C@H](CO[P+](O)(CCC#N)N(C(C)C)C(C)C)[C@@H](OC2(c3ccccc3)c3ccccc3Oc3ccccc32)[C@H]1O. The number of ketones is 1. The summed E-state index contributed by atoms with van der Waals surface area (Å²) >= 11 is 0. The average Bonchev–Trinajstić information content (AvgIpc) is 3.73. The first kappa shape index (κ1) is 40.4. The second-order valence-electron chi connectivity index (χ2n) is 15.2. The maximum Gasteiger partial charge on any atom is 0.346 e. The molecule has 0 saturated carbocycles. The van der Waals surface area contributed by atoms with Gasteiger partial charge in [-0.05, 0) is 45.4 Å². The van der Waals surface area contributed by atoms with E-state index in [2.05, 4.69) is 21.0 Å². The van der Waals surface area contributed by atoms with Gasteiger partial charge in [-0.2, -0.15) is 9.79 Å². The Morgan fingerprint density at radius 1 is 1.00 bits per heavy atom. The van der Waals surface area contributed by atoms with Crippen molar-refractivity contribution < 1.29 is 33.5 Å². The van der Waals surface area contributed by atoms with Gasteiger partial charge in [0.2, 0.25) is 5.78 Å². The zero-order valence-electron chi connectivity index (χ0n) is 32.8. The fraction of sp³-hybridized carbons (Fsp3) is 0.405. The summed E-state index contributed by atoms with van der Waals surface area (Å²) in [4.78, 5) is 50.5. The molecule has 2 aliphatic heterocycles. The molecule has 5 aromatic rings. The molecule has 2 aromatic heterocycles. The number of Topliss-reactive ketones (excluding diaryl/α,β-unsaturated/α-hetero) is 1. The molecule has 3 N–H and O–H groups in total. The van der Waals surface area contributed by atoms with Crippen molar-refractivity contribution in [2.24, 2.45) is 5.92 Å². The Morgan fingerprint density at radius 3 is 2.21 bits per heavy atom. The lowest BCUT2D eigenvalue weighted by atomic mass is 9.77. The number of nitrogens with one attached hydrogen (secondary N) is 1. The Labute approximate surface area is 331 Å². The summed E-state index contributed by atoms with van der Waals surface area (Å²) in [5.74, 6) is 0.0616. The van der Waals surface area contributed by atoms with Gasteiger partial charge in [0.1, 0.15) is 42.6 Å². The van der Waals surface area contributed by atoms with E-state index in [-0.39, 0.29) is 48.3 Å². The summed E-state index contributed by atoms with van der Waals surface area (Å²) < 4.78 is 30.4. The molecule has 2 aliphatic rings. The van der Waals surface area contributed by atoms with E-state index in [9.17, 15) is 24.9 Å². The normalized spacial score (nSPS) is 21.0. The number of fused-ring (bicyclic) bond motifs is 3. The third kappa shape index (κ3) is 7.19. The molecule has 57 heavy (non-hydrogen) atoms. The van der Waals surface area contributed by atoms with Gasteiger partial charge in [-0.15, -0.1) is 4.67 Å². The van der Waals surface area contributed by atoms with Crippen LogP contribution in [0.4, 0.5) is 0 Å². The summed E-state index contributed by atoms with van der Waals surface area (Å²) in [6.07, 6.45) is -3.86. The van der Waals surface area contributed by atoms with E-state index in [4.69, 9.17) is 18.7 Å². The third-order valence-corrected chi connectivity index (χ3v) is 13.4. The van der Waals surface area contributed by atoms with E-state index in [1.165, 1.54) is 10.9 Å². The van der Waals surface area contributed by atoms with Crippen LogP contribution in [0.2, 0.25) is 0 Å². The molecular formula is C42H48N6O8P+. The van der Waals surface area contributed by atoms with Crippen molar-refractivity contribution in [3.8, 4) is 17.6 Å². The molecule has 15 heteroatoms. The summed E-state index contributed by atoms with van der Waals surface area (Å²) in [7, 11) is -3.45. The number of carbonyl (C=O) groups excluding carboxylic acids is 1. The van der Waals surface area contributed by atoms with Gasteiger partial charge in [-0.3, -0.25) is 14.2 Å². The average molecular weight is 796 g/mol. The van der Waals surface area contributed by atoms with Crippen LogP contribution in [-0.2, 0) is 19.6 Å². The van der Waals surface area contributed by atoms with Gasteiger partial charge in [0, 0.05) is 29.1 Å². The number of benzene rings is 3. The van der Waals surface area contributed by atoms with E-state index in [0.29, 0.717) is 22.6 Å². The Kier molecular flexibility index (Phi) is 11.5. The zero-order valence-corrected chi connectivity index (χ0v) is 33.7. The van der Waals surface area contributed by atoms with Crippen molar-refractivity contribution in [2.75, 3.05) is 12.8 Å². The molecule has 4 heterocycles. The smallest absolute Gasteiger partial charge is 0.346 e. The van der Waals surface area contributed by atoms with Crippen molar-refractivity contribution in [2.45, 2.75) is 90.2 Å². The Morgan fingerprint density at radius 2 is 1.61 bits per heavy atom. The van der Waals surface area contributed by atoms with Crippen LogP contribution in [0, 0.1) is 17.2 Å². The van der Waals surface area contributed by atoms with Crippen molar-refractivity contribution in [3.05, 3.63) is 118 Å². The molecule has 5 atom stereocenters. The van der Waals surface area contributed by atoms with Crippen LogP contribution in [-0.4, -0.2) is 83.1 Å². The largest absolute Gasteiger partial charge is 0.457 e. The van der Waals surface area contributed by atoms with E-state index in [0.717, 1.165) is 5.56 Å². The molecule has 1 unspecified atom stereocenters. The lowest BCUT2D eigenvalue weighted by molar-refractivity contribution is -0.113. The van der Waals surface area contributed by atoms with E-state index in [1.807, 2.05) is 111 Å². The first-order valence-electron chi connectivity index (χ1n) is 19.2. The van der Waals surface area contributed by atoms with E-state index in [1.54, 1.807) is 13.8 Å². The highest BCUT2D eigenvalue weighted by atomic mass is 31.2. The molecule has 0 bridgehead atoms. The van der Waals surface area contributed by atoms with Crippen molar-refractivity contribution in [1.29, 1.82) is 5.26 Å². The van der Waals surface area contributed by atoms with Crippen LogP contribution >= 0.6 is 7.87 Å². The molecule has 1 fully saturated rings. The first-order valence-corrected chi connectivity index (χ1v) is 21.0. The number of carbonyl (C=O) groups is 1. The number of aromatic nitrogens is 4. The van der Waals surface area contributed by atoms with Crippen LogP contribution in [0.5, 0.6) is 11.5 Å². The summed E-state index contributed by atoms with van der Waals surface area (Å²) in [5, 5.41) is 22.3. The topological polar surface area (TPSA) is 185 Å². The highest BCUT2D eigenvalue weighted by Crippen LogP contribution is 2.62. The molecule has 0 spiro atoms. The lowest BCUT2D eigenvalue weighted by Gasteiger charge is -2.43. The Hall–Kier alpha value is -4.84. The number of para-hydroxylation sites is 2. The minimum absolute atomic E-state index is 0.0375. The monoisotopic (exact) mass is 795 g/mol. The maximum atomic E-state index is 13.8. The molecular weight excluding hydrogens is 747 g/mol. The number of nitriles is 1. The van der Waals surface area contributed by atoms with Gasteiger partial charge < -0.3 is 24.3 Å². The third-order valence-electron chi connectivity index (χ3n) is 10.4. The highest BCUT2D eigenvalue weighted by molar-refractivity contribution is 7.63. The number of hydrogen-bond donors (Lipinski definition) is 3. The molecule has 0 aliphatic carbocycles. The van der Waals surface area contributed by atoms with E-state index < -0.39 is 55.3 Å². The second kappa shape index (κ2) is 16.2. The maximum absolute atomic E-state index is 13.8. The standard InChI is InChI=1S/C42H47N6O8P/c1-25(2)35(49)39-46-34-38(44-24-45-40(34)51)47(39)41-36(50)37(33(55-41)23-53-57(52,22-14-21-43)48(26(3)4)27(5)6)56-42(28-15-8-7-9-16-28)29-17-10-12-19-31(29)54-32-20-13-11-18-30(32)42/h7-13,15-20,24-27,33,36-37,41,50,52H,14,22-23H2,1-6H3/p+1/t33-,36-,37-,41-,57?/m1/s1. The number of imidazole rings is 1. The number of ether oxygens (including phenoxy) is 3. The second-order valence-corrected chi connectivity index (χ2v) is 17.7. The number of rotatable bonds is 14. The van der Waals surface area contributed by atoms with E-state index >= 15 is 0 Å². The van der Waals surface area contributed by atoms with Gasteiger partial charge in [-0.25, -0.2) is 14.9 Å². The van der Waals surface area contributed by atoms with Gasteiger partial charge in [0.05, 0.1) is 18.8 Å². The Bertz CT molecular complexity index is 2290. The van der Waals surface area contributed by atoms with Crippen LogP contribution in [0.3, 0.4) is 0 Å². The zero-order chi connectivity index (χ0) is 40.6. The van der Waals surface area contributed by atoms with Crippen LogP contribution in [0.25, 0.3) is 11.2 Å². The molecule has 0 radical (unpaired) electrons. The molecule has 298 valence electrons. The number of aliphatic hydroxyl groups is 1. The minimum Gasteiger partial charge on any atom is -0.457 e. The predicted molar refractivity (Wildman–Crippen MR) is 214 cm³/mol. The van der Waals surface area contributed by atoms with Crippen LogP contribution < -0.4 is 10.3 Å². The summed E-state index contributed by atoms with van der Waals surface area (Å²) in [6, 6.07) is 26.5. The van der Waals surface area contributed by atoms with Crippen molar-refractivity contribution >= 4 is 24.8 Å².